The largest absolute Gasteiger partial charge is 0.497 e. The molecule has 0 aliphatic carbocycles. The summed E-state index contributed by atoms with van der Waals surface area (Å²) in [6.45, 7) is -0.572. The Balaban J connectivity index is 2.34. The van der Waals surface area contributed by atoms with Gasteiger partial charge in [-0.05, 0) is 23.8 Å². The van der Waals surface area contributed by atoms with Gasteiger partial charge in [-0.15, -0.1) is 0 Å². The first kappa shape index (κ1) is 18.2. The zero-order chi connectivity index (χ0) is 17.2. The number of methoxy groups -OCH3 is 1. The van der Waals surface area contributed by atoms with Crippen molar-refractivity contribution in [1.29, 1.82) is 0 Å². The summed E-state index contributed by atoms with van der Waals surface area (Å²) in [5.74, 6) is -0.709. The average Bonchev–Trinajstić information content (AvgIpc) is 2.56. The normalized spacial score (nSPS) is 10.2. The molecule has 0 spiro atoms. The van der Waals surface area contributed by atoms with Gasteiger partial charge in [-0.1, -0.05) is 12.1 Å². The first-order valence-corrected chi connectivity index (χ1v) is 6.88. The van der Waals surface area contributed by atoms with E-state index in [0.29, 0.717) is 5.75 Å². The quantitative estimate of drug-likeness (QED) is 0.583. The lowest BCUT2D eigenvalue weighted by molar-refractivity contribution is -0.144. The van der Waals surface area contributed by atoms with E-state index in [-0.39, 0.29) is 12.5 Å². The number of benzene rings is 1. The molecule has 23 heavy (non-hydrogen) atoms. The molecule has 1 aromatic rings. The zero-order valence-corrected chi connectivity index (χ0v) is 13.4. The second-order valence-electron chi connectivity index (χ2n) is 4.78. The Labute approximate surface area is 134 Å². The number of carbonyl (C=O) groups is 3. The molecule has 0 saturated heterocycles. The highest BCUT2D eigenvalue weighted by Gasteiger charge is 2.08. The van der Waals surface area contributed by atoms with E-state index < -0.39 is 18.5 Å². The number of nitrogens with zero attached hydrogens (tertiary/aromatic N) is 1. The van der Waals surface area contributed by atoms with E-state index in [2.05, 4.69) is 5.32 Å². The van der Waals surface area contributed by atoms with Gasteiger partial charge in [0.15, 0.2) is 6.61 Å². The first-order chi connectivity index (χ1) is 10.9. The SMILES string of the molecule is COc1ccc(/C=C/C(=O)OCC(=O)NCC(=O)N(C)C)cc1. The minimum absolute atomic E-state index is 0.134. The molecule has 0 aliphatic rings. The summed E-state index contributed by atoms with van der Waals surface area (Å²) >= 11 is 0. The maximum Gasteiger partial charge on any atom is 0.331 e. The fourth-order valence-electron chi connectivity index (χ4n) is 1.45. The van der Waals surface area contributed by atoms with Crippen LogP contribution in [0.2, 0.25) is 0 Å². The van der Waals surface area contributed by atoms with Crippen LogP contribution in [0, 0.1) is 0 Å². The van der Waals surface area contributed by atoms with Crippen molar-refractivity contribution in [3.63, 3.8) is 0 Å². The van der Waals surface area contributed by atoms with Crippen LogP contribution < -0.4 is 10.1 Å². The Hall–Kier alpha value is -2.83. The summed E-state index contributed by atoms with van der Waals surface area (Å²) < 4.78 is 9.80. The van der Waals surface area contributed by atoms with Gasteiger partial charge in [0.1, 0.15) is 5.75 Å². The number of rotatable bonds is 7. The van der Waals surface area contributed by atoms with Crippen LogP contribution in [0.3, 0.4) is 0 Å². The lowest BCUT2D eigenvalue weighted by atomic mass is 10.2. The van der Waals surface area contributed by atoms with Crippen molar-refractivity contribution in [2.45, 2.75) is 0 Å². The van der Waals surface area contributed by atoms with Gasteiger partial charge in [-0.3, -0.25) is 9.59 Å². The van der Waals surface area contributed by atoms with E-state index >= 15 is 0 Å². The van der Waals surface area contributed by atoms with Crippen LogP contribution in [0.15, 0.2) is 30.3 Å². The predicted octanol–water partition coefficient (Wildman–Crippen LogP) is 0.456. The van der Waals surface area contributed by atoms with Crippen LogP contribution in [0.1, 0.15) is 5.56 Å². The molecule has 0 aliphatic heterocycles. The van der Waals surface area contributed by atoms with Gasteiger partial charge >= 0.3 is 5.97 Å². The maximum atomic E-state index is 11.5. The van der Waals surface area contributed by atoms with Gasteiger partial charge in [-0.2, -0.15) is 0 Å². The topological polar surface area (TPSA) is 84.9 Å². The van der Waals surface area contributed by atoms with E-state index in [4.69, 9.17) is 9.47 Å². The fraction of sp³-hybridized carbons (Fsp3) is 0.312. The molecule has 0 aromatic heterocycles. The van der Waals surface area contributed by atoms with Crippen LogP contribution >= 0.6 is 0 Å². The minimum Gasteiger partial charge on any atom is -0.497 e. The first-order valence-electron chi connectivity index (χ1n) is 6.88. The molecular weight excluding hydrogens is 300 g/mol. The van der Waals surface area contributed by atoms with Gasteiger partial charge in [0.05, 0.1) is 13.7 Å². The van der Waals surface area contributed by atoms with Gasteiger partial charge < -0.3 is 19.7 Å². The summed E-state index contributed by atoms with van der Waals surface area (Å²) in [6, 6.07) is 7.09. The molecule has 2 amide bonds. The highest BCUT2D eigenvalue weighted by Crippen LogP contribution is 2.12. The lowest BCUT2D eigenvalue weighted by Crippen LogP contribution is -2.38. The van der Waals surface area contributed by atoms with Crippen LogP contribution in [0.4, 0.5) is 0 Å². The zero-order valence-electron chi connectivity index (χ0n) is 13.4. The van der Waals surface area contributed by atoms with Gasteiger partial charge in [-0.25, -0.2) is 4.79 Å². The number of hydrogen-bond donors (Lipinski definition) is 1. The molecule has 7 nitrogen and oxygen atoms in total. The van der Waals surface area contributed by atoms with Gasteiger partial charge in [0.25, 0.3) is 5.91 Å². The van der Waals surface area contributed by atoms with Gasteiger partial charge in [0, 0.05) is 20.2 Å². The van der Waals surface area contributed by atoms with Crippen molar-refractivity contribution < 1.29 is 23.9 Å². The molecule has 1 N–H and O–H groups in total. The summed E-state index contributed by atoms with van der Waals surface area (Å²) in [4.78, 5) is 35.5. The maximum absolute atomic E-state index is 11.5. The molecule has 0 fully saturated rings. The molecule has 0 radical (unpaired) electrons. The van der Waals surface area contributed by atoms with Crippen molar-refractivity contribution in [2.75, 3.05) is 34.4 Å². The Morgan fingerprint density at radius 2 is 1.83 bits per heavy atom. The number of amides is 2. The van der Waals surface area contributed by atoms with Crippen LogP contribution in [-0.4, -0.2) is 57.0 Å². The summed E-state index contributed by atoms with van der Waals surface area (Å²) in [5.41, 5.74) is 0.795. The summed E-state index contributed by atoms with van der Waals surface area (Å²) in [6.07, 6.45) is 2.79. The van der Waals surface area contributed by atoms with E-state index in [1.54, 1.807) is 51.5 Å². The smallest absolute Gasteiger partial charge is 0.331 e. The van der Waals surface area contributed by atoms with E-state index in [1.165, 1.54) is 11.0 Å². The second-order valence-corrected chi connectivity index (χ2v) is 4.78. The van der Waals surface area contributed by atoms with Crippen LogP contribution in [0.5, 0.6) is 5.75 Å². The van der Waals surface area contributed by atoms with E-state index in [9.17, 15) is 14.4 Å². The predicted molar refractivity (Wildman–Crippen MR) is 84.7 cm³/mol. The highest BCUT2D eigenvalue weighted by molar-refractivity contribution is 5.90. The fourth-order valence-corrected chi connectivity index (χ4v) is 1.45. The van der Waals surface area contributed by atoms with Crippen LogP contribution in [0.25, 0.3) is 6.08 Å². The van der Waals surface area contributed by atoms with Gasteiger partial charge in [0.2, 0.25) is 5.91 Å². The molecule has 0 heterocycles. The molecule has 1 rings (SSSR count). The summed E-state index contributed by atoms with van der Waals surface area (Å²) in [5, 5.41) is 2.36. The highest BCUT2D eigenvalue weighted by atomic mass is 16.5. The average molecular weight is 320 g/mol. The molecule has 0 saturated carbocycles. The Morgan fingerprint density at radius 3 is 2.39 bits per heavy atom. The Morgan fingerprint density at radius 1 is 1.17 bits per heavy atom. The van der Waals surface area contributed by atoms with Crippen molar-refractivity contribution in [3.8, 4) is 5.75 Å². The van der Waals surface area contributed by atoms with Crippen molar-refractivity contribution >= 4 is 23.9 Å². The molecule has 1 aromatic carbocycles. The molecule has 0 bridgehead atoms. The molecule has 124 valence electrons. The molecule has 0 atom stereocenters. The number of ether oxygens (including phenoxy) is 2. The van der Waals surface area contributed by atoms with Crippen molar-refractivity contribution in [3.05, 3.63) is 35.9 Å². The monoisotopic (exact) mass is 320 g/mol. The lowest BCUT2D eigenvalue weighted by Gasteiger charge is -2.10. The van der Waals surface area contributed by atoms with Crippen LogP contribution in [-0.2, 0) is 19.1 Å². The standard InChI is InChI=1S/C16H20N2O5/c1-18(2)15(20)10-17-14(19)11-23-16(21)9-6-12-4-7-13(22-3)8-5-12/h4-9H,10-11H2,1-3H3,(H,17,19)/b9-6+. The molecule has 0 unspecified atom stereocenters. The number of nitrogens with one attached hydrogen (secondary N) is 1. The second kappa shape index (κ2) is 9.24. The summed E-state index contributed by atoms with van der Waals surface area (Å²) in [7, 11) is 4.73. The number of esters is 1. The Kier molecular flexibility index (Phi) is 7.32. The van der Waals surface area contributed by atoms with Crippen molar-refractivity contribution in [1.82, 2.24) is 10.2 Å². The number of likely N-dealkylation sites (N-methyl/N-ethyl adjacent to an activating group) is 1. The number of carbonyl (C=O) groups excluding carboxylic acids is 3. The number of hydrogen-bond acceptors (Lipinski definition) is 5. The van der Waals surface area contributed by atoms with E-state index in [1.807, 2.05) is 0 Å². The van der Waals surface area contributed by atoms with Crippen molar-refractivity contribution in [2.24, 2.45) is 0 Å². The Bertz CT molecular complexity index is 579. The van der Waals surface area contributed by atoms with E-state index in [0.717, 1.165) is 5.56 Å². The molecular formula is C16H20N2O5. The third-order valence-corrected chi connectivity index (χ3v) is 2.81. The minimum atomic E-state index is -0.644. The third-order valence-electron chi connectivity index (χ3n) is 2.81. The molecule has 7 heteroatoms. The third kappa shape index (κ3) is 7.12.